The van der Waals surface area contributed by atoms with E-state index in [4.69, 9.17) is 15.2 Å². The number of aliphatic hydroxyl groups excluding tert-OH is 1. The molecule has 1 heterocycles. The van der Waals surface area contributed by atoms with Crippen LogP contribution in [0.3, 0.4) is 0 Å². The van der Waals surface area contributed by atoms with Crippen LogP contribution in [0.2, 0.25) is 0 Å². The van der Waals surface area contributed by atoms with Crippen LogP contribution >= 0.6 is 0 Å². The van der Waals surface area contributed by atoms with Gasteiger partial charge in [0.15, 0.2) is 11.5 Å². The summed E-state index contributed by atoms with van der Waals surface area (Å²) in [6.45, 7) is 3.61. The van der Waals surface area contributed by atoms with E-state index in [0.717, 1.165) is 24.0 Å². The minimum absolute atomic E-state index is 0.156. The molecule has 0 aliphatic carbocycles. The summed E-state index contributed by atoms with van der Waals surface area (Å²) in [5.41, 5.74) is 8.61. The van der Waals surface area contributed by atoms with E-state index >= 15 is 0 Å². The largest absolute Gasteiger partial charge is 0.493 e. The summed E-state index contributed by atoms with van der Waals surface area (Å²) in [6, 6.07) is 15.6. The van der Waals surface area contributed by atoms with Crippen LogP contribution < -0.4 is 19.8 Å². The normalized spacial score (nSPS) is 12.2. The maximum absolute atomic E-state index is 10.6. The van der Waals surface area contributed by atoms with E-state index in [1.165, 1.54) is 19.3 Å². The summed E-state index contributed by atoms with van der Waals surface area (Å²) in [5, 5.41) is 10.6. The van der Waals surface area contributed by atoms with Gasteiger partial charge in [-0.2, -0.15) is 0 Å². The first-order valence-electron chi connectivity index (χ1n) is 10.4. The molecule has 0 fully saturated rings. The van der Waals surface area contributed by atoms with Gasteiger partial charge in [-0.05, 0) is 30.7 Å². The van der Waals surface area contributed by atoms with Crippen LogP contribution in [0.25, 0.3) is 11.0 Å². The maximum atomic E-state index is 10.6. The minimum atomic E-state index is -0.702. The van der Waals surface area contributed by atoms with Gasteiger partial charge in [-0.25, -0.2) is 9.13 Å². The Kier molecular flexibility index (Phi) is 7.36. The molecule has 0 aliphatic rings. The lowest BCUT2D eigenvalue weighted by atomic mass is 10.2. The summed E-state index contributed by atoms with van der Waals surface area (Å²) < 4.78 is 15.2. The molecular formula is C23H32N3O3+. The van der Waals surface area contributed by atoms with Crippen LogP contribution in [-0.4, -0.2) is 29.5 Å². The number of aromatic nitrogens is 2. The molecule has 1 atom stereocenters. The highest BCUT2D eigenvalue weighted by molar-refractivity contribution is 5.73. The van der Waals surface area contributed by atoms with Crippen molar-refractivity contribution in [1.29, 1.82) is 0 Å². The van der Waals surface area contributed by atoms with Crippen molar-refractivity contribution in [3.05, 3.63) is 48.5 Å². The Bertz CT molecular complexity index is 923. The van der Waals surface area contributed by atoms with Gasteiger partial charge in [-0.15, -0.1) is 0 Å². The number of anilines is 1. The summed E-state index contributed by atoms with van der Waals surface area (Å²) in [7, 11) is 1.60. The number of nitrogens with zero attached hydrogens (tertiary/aromatic N) is 2. The Morgan fingerprint density at radius 3 is 2.52 bits per heavy atom. The monoisotopic (exact) mass is 398 g/mol. The highest BCUT2D eigenvalue weighted by Gasteiger charge is 2.23. The summed E-state index contributed by atoms with van der Waals surface area (Å²) in [5.74, 6) is 1.93. The van der Waals surface area contributed by atoms with E-state index in [-0.39, 0.29) is 6.61 Å². The van der Waals surface area contributed by atoms with Crippen molar-refractivity contribution in [1.82, 2.24) is 4.57 Å². The second-order valence-electron chi connectivity index (χ2n) is 7.29. The number of imidazole rings is 1. The number of ether oxygens (including phenoxy) is 2. The van der Waals surface area contributed by atoms with E-state index in [9.17, 15) is 5.11 Å². The van der Waals surface area contributed by atoms with Crippen LogP contribution in [-0.2, 0) is 13.1 Å². The first-order valence-corrected chi connectivity index (χ1v) is 10.4. The molecule has 0 amide bonds. The molecule has 0 spiro atoms. The van der Waals surface area contributed by atoms with E-state index in [0.29, 0.717) is 24.0 Å². The van der Waals surface area contributed by atoms with Gasteiger partial charge in [0.1, 0.15) is 30.3 Å². The predicted molar refractivity (Wildman–Crippen MR) is 115 cm³/mol. The lowest BCUT2D eigenvalue weighted by molar-refractivity contribution is -0.665. The summed E-state index contributed by atoms with van der Waals surface area (Å²) in [4.78, 5) is 0. The van der Waals surface area contributed by atoms with Crippen molar-refractivity contribution in [2.45, 2.75) is 51.8 Å². The number of fused-ring (bicyclic) bond motifs is 1. The van der Waals surface area contributed by atoms with Crippen LogP contribution in [0.15, 0.2) is 48.5 Å². The standard InChI is InChI=1S/C23H31N3O3/c1-3-4-5-10-15-25-19-11-6-7-12-20(19)26(23(25)24)16-18(27)17-29-22-14-9-8-13-21(22)28-2/h6-9,11-14,18,24,27H,3-5,10,15-17H2,1-2H3/p+1/t18-/m1/s1. The Labute approximate surface area is 172 Å². The first-order chi connectivity index (χ1) is 14.2. The third kappa shape index (κ3) is 5.01. The van der Waals surface area contributed by atoms with Gasteiger partial charge in [0.05, 0.1) is 13.7 Å². The number of aryl methyl sites for hydroxylation is 1. The van der Waals surface area contributed by atoms with Gasteiger partial charge in [-0.3, -0.25) is 5.73 Å². The summed E-state index contributed by atoms with van der Waals surface area (Å²) >= 11 is 0. The van der Waals surface area contributed by atoms with Gasteiger partial charge in [0.2, 0.25) is 0 Å². The topological polar surface area (TPSA) is 73.5 Å². The van der Waals surface area contributed by atoms with Crippen LogP contribution in [0.4, 0.5) is 5.95 Å². The highest BCUT2D eigenvalue weighted by Crippen LogP contribution is 2.26. The number of hydrogen-bond acceptors (Lipinski definition) is 4. The Hall–Kier alpha value is -2.73. The molecule has 0 bridgehead atoms. The zero-order valence-electron chi connectivity index (χ0n) is 17.4. The average molecular weight is 399 g/mol. The zero-order chi connectivity index (χ0) is 20.6. The Balaban J connectivity index is 1.72. The Morgan fingerprint density at radius 1 is 1.03 bits per heavy atom. The molecule has 0 saturated carbocycles. The van der Waals surface area contributed by atoms with Crippen molar-refractivity contribution in [2.24, 2.45) is 0 Å². The molecule has 3 N–H and O–H groups in total. The van der Waals surface area contributed by atoms with Crippen molar-refractivity contribution in [2.75, 3.05) is 19.5 Å². The van der Waals surface area contributed by atoms with E-state index in [1.807, 2.05) is 47.0 Å². The summed E-state index contributed by atoms with van der Waals surface area (Å²) in [6.07, 6.45) is 4.03. The van der Waals surface area contributed by atoms with E-state index in [1.54, 1.807) is 7.11 Å². The first kappa shape index (κ1) is 21.0. The van der Waals surface area contributed by atoms with Crippen molar-refractivity contribution >= 4 is 17.0 Å². The molecule has 29 heavy (non-hydrogen) atoms. The molecule has 6 heteroatoms. The molecule has 1 aromatic heterocycles. The van der Waals surface area contributed by atoms with Crippen molar-refractivity contribution in [3.63, 3.8) is 0 Å². The number of hydrogen-bond donors (Lipinski definition) is 2. The van der Waals surface area contributed by atoms with Gasteiger partial charge in [-0.1, -0.05) is 50.5 Å². The van der Waals surface area contributed by atoms with Gasteiger partial charge >= 0.3 is 5.95 Å². The van der Waals surface area contributed by atoms with E-state index in [2.05, 4.69) is 17.6 Å². The lowest BCUT2D eigenvalue weighted by Gasteiger charge is -2.14. The third-order valence-electron chi connectivity index (χ3n) is 5.15. The number of nitrogen functional groups attached to an aromatic ring is 1. The molecule has 0 radical (unpaired) electrons. The molecule has 3 aromatic rings. The van der Waals surface area contributed by atoms with Crippen LogP contribution in [0, 0.1) is 0 Å². The van der Waals surface area contributed by atoms with Crippen LogP contribution in [0.1, 0.15) is 32.6 Å². The molecule has 2 aromatic carbocycles. The molecule has 0 unspecified atom stereocenters. The fraction of sp³-hybridized carbons (Fsp3) is 0.435. The smallest absolute Gasteiger partial charge is 0.356 e. The number of aliphatic hydroxyl groups is 1. The SMILES string of the molecule is CCCCCCn1c(N)[n+](C[C@@H](O)COc2ccccc2OC)c2ccccc21. The minimum Gasteiger partial charge on any atom is -0.493 e. The Morgan fingerprint density at radius 2 is 1.76 bits per heavy atom. The number of benzene rings is 2. The fourth-order valence-electron chi connectivity index (χ4n) is 3.62. The average Bonchev–Trinajstić information content (AvgIpc) is 3.01. The van der Waals surface area contributed by atoms with Crippen molar-refractivity contribution in [3.8, 4) is 11.5 Å². The second-order valence-corrected chi connectivity index (χ2v) is 7.29. The number of rotatable bonds is 11. The lowest BCUT2D eigenvalue weighted by Crippen LogP contribution is -2.43. The van der Waals surface area contributed by atoms with Gasteiger partial charge in [0.25, 0.3) is 0 Å². The van der Waals surface area contributed by atoms with Gasteiger partial charge in [0, 0.05) is 0 Å². The van der Waals surface area contributed by atoms with E-state index < -0.39 is 6.10 Å². The fourth-order valence-corrected chi connectivity index (χ4v) is 3.62. The molecule has 0 saturated heterocycles. The van der Waals surface area contributed by atoms with Crippen LogP contribution in [0.5, 0.6) is 11.5 Å². The molecular weight excluding hydrogens is 366 g/mol. The highest BCUT2D eigenvalue weighted by atomic mass is 16.5. The predicted octanol–water partition coefficient (Wildman–Crippen LogP) is 3.54. The van der Waals surface area contributed by atoms with Gasteiger partial charge < -0.3 is 14.6 Å². The second kappa shape index (κ2) is 10.2. The quantitative estimate of drug-likeness (QED) is 0.383. The number of methoxy groups -OCH3 is 1. The van der Waals surface area contributed by atoms with Crippen molar-refractivity contribution < 1.29 is 19.1 Å². The molecule has 0 aliphatic heterocycles. The number of unbranched alkanes of at least 4 members (excludes halogenated alkanes) is 3. The maximum Gasteiger partial charge on any atom is 0.356 e. The molecule has 156 valence electrons. The molecule has 6 nitrogen and oxygen atoms in total. The molecule has 3 rings (SSSR count). The third-order valence-corrected chi connectivity index (χ3v) is 5.15. The number of para-hydroxylation sites is 4. The number of nitrogens with two attached hydrogens (primary N) is 1. The zero-order valence-corrected chi connectivity index (χ0v) is 17.4.